The van der Waals surface area contributed by atoms with E-state index in [2.05, 4.69) is 61.7 Å². The minimum atomic E-state index is 0.376. The van der Waals surface area contributed by atoms with Gasteiger partial charge in [-0.25, -0.2) is 0 Å². The van der Waals surface area contributed by atoms with Crippen molar-refractivity contribution >= 4 is 10.8 Å². The van der Waals surface area contributed by atoms with Crippen molar-refractivity contribution in [2.45, 2.75) is 32.7 Å². The molecule has 2 nitrogen and oxygen atoms in total. The summed E-state index contributed by atoms with van der Waals surface area (Å²) in [5.41, 5.74) is 4.87. The zero-order valence-electron chi connectivity index (χ0n) is 11.7. The lowest BCUT2D eigenvalue weighted by Gasteiger charge is -2.18. The summed E-state index contributed by atoms with van der Waals surface area (Å²) in [6.45, 7) is 4.65. The van der Waals surface area contributed by atoms with E-state index in [1.807, 2.05) is 0 Å². The van der Waals surface area contributed by atoms with Crippen LogP contribution in [0.4, 0.5) is 0 Å². The molecule has 1 saturated carbocycles. The lowest BCUT2D eigenvalue weighted by molar-refractivity contribution is 0.409. The normalized spacial score (nSPS) is 22.4. The van der Waals surface area contributed by atoms with E-state index >= 15 is 0 Å². The lowest BCUT2D eigenvalue weighted by atomic mass is 9.94. The number of nitrogens with one attached hydrogen (secondary N) is 1. The zero-order valence-corrected chi connectivity index (χ0v) is 11.7. The molecule has 2 heteroatoms. The molecule has 0 spiro atoms. The molecule has 2 aromatic carbocycles. The topological polar surface area (TPSA) is 38.0 Å². The van der Waals surface area contributed by atoms with E-state index in [0.717, 1.165) is 6.42 Å². The maximum Gasteiger partial charge on any atom is 0.0284 e. The molecule has 0 radical (unpaired) electrons. The quantitative estimate of drug-likeness (QED) is 0.649. The monoisotopic (exact) mass is 254 g/mol. The predicted octanol–water partition coefficient (Wildman–Crippen LogP) is 3.26. The maximum absolute atomic E-state index is 5.78. The molecule has 0 heterocycles. The van der Waals surface area contributed by atoms with Gasteiger partial charge >= 0.3 is 0 Å². The smallest absolute Gasteiger partial charge is 0.0284 e. The Morgan fingerprint density at radius 3 is 2.58 bits per heavy atom. The third kappa shape index (κ3) is 2.38. The molecule has 19 heavy (non-hydrogen) atoms. The van der Waals surface area contributed by atoms with Crippen molar-refractivity contribution in [3.8, 4) is 0 Å². The van der Waals surface area contributed by atoms with Crippen LogP contribution in [0, 0.1) is 11.3 Å². The van der Waals surface area contributed by atoms with Crippen LogP contribution in [0.3, 0.4) is 0 Å². The Hall–Kier alpha value is -1.38. The van der Waals surface area contributed by atoms with Gasteiger partial charge < -0.3 is 0 Å². The second-order valence-corrected chi connectivity index (χ2v) is 6.41. The minimum absolute atomic E-state index is 0.376. The first kappa shape index (κ1) is 12.6. The Labute approximate surface area is 115 Å². The highest BCUT2D eigenvalue weighted by molar-refractivity contribution is 5.85. The third-order valence-electron chi connectivity index (χ3n) is 4.61. The Kier molecular flexibility index (Phi) is 3.08. The Balaban J connectivity index is 1.88. The fourth-order valence-electron chi connectivity index (χ4n) is 3.22. The second-order valence-electron chi connectivity index (χ2n) is 6.41. The average molecular weight is 254 g/mol. The predicted molar refractivity (Wildman–Crippen MR) is 80.7 cm³/mol. The van der Waals surface area contributed by atoms with E-state index < -0.39 is 0 Å². The Bertz CT molecular complexity index is 583. The number of nitrogens with two attached hydrogens (primary N) is 1. The Morgan fingerprint density at radius 2 is 1.89 bits per heavy atom. The first-order valence-electron chi connectivity index (χ1n) is 7.04. The third-order valence-corrected chi connectivity index (χ3v) is 4.61. The highest BCUT2D eigenvalue weighted by Crippen LogP contribution is 2.54. The van der Waals surface area contributed by atoms with Crippen LogP contribution in [0.1, 0.15) is 25.8 Å². The largest absolute Gasteiger partial charge is 0.271 e. The van der Waals surface area contributed by atoms with Crippen molar-refractivity contribution < 1.29 is 0 Å². The summed E-state index contributed by atoms with van der Waals surface area (Å²) in [6.07, 6.45) is 2.28. The molecule has 2 unspecified atom stereocenters. The van der Waals surface area contributed by atoms with Gasteiger partial charge in [0.25, 0.3) is 0 Å². The standard InChI is InChI=1S/C17H22N2/c1-17(2)11-15(17)16(19-18)10-13-8-5-7-12-6-3-4-9-14(12)13/h3-9,15-16,19H,10-11,18H2,1-2H3. The molecular weight excluding hydrogens is 232 g/mol. The van der Waals surface area contributed by atoms with Crippen molar-refractivity contribution in [3.63, 3.8) is 0 Å². The van der Waals surface area contributed by atoms with Crippen molar-refractivity contribution in [1.29, 1.82) is 0 Å². The zero-order chi connectivity index (χ0) is 13.5. The summed E-state index contributed by atoms with van der Waals surface area (Å²) >= 11 is 0. The maximum atomic E-state index is 5.78. The molecule has 0 saturated heterocycles. The fraction of sp³-hybridized carbons (Fsp3) is 0.412. The fourth-order valence-corrected chi connectivity index (χ4v) is 3.22. The summed E-state index contributed by atoms with van der Waals surface area (Å²) in [4.78, 5) is 0. The molecule has 0 bridgehead atoms. The van der Waals surface area contributed by atoms with Crippen LogP contribution in [0.5, 0.6) is 0 Å². The van der Waals surface area contributed by atoms with Crippen LogP contribution in [0.15, 0.2) is 42.5 Å². The molecule has 0 amide bonds. The highest BCUT2D eigenvalue weighted by atomic mass is 15.2. The van der Waals surface area contributed by atoms with Gasteiger partial charge in [-0.05, 0) is 40.5 Å². The van der Waals surface area contributed by atoms with Crippen LogP contribution in [0.2, 0.25) is 0 Å². The van der Waals surface area contributed by atoms with Crippen molar-refractivity contribution in [2.24, 2.45) is 17.2 Å². The van der Waals surface area contributed by atoms with Gasteiger partial charge in [-0.1, -0.05) is 56.3 Å². The molecule has 1 fully saturated rings. The molecule has 100 valence electrons. The highest BCUT2D eigenvalue weighted by Gasteiger charge is 2.49. The number of rotatable bonds is 4. The van der Waals surface area contributed by atoms with E-state index in [4.69, 9.17) is 5.84 Å². The molecule has 3 N–H and O–H groups in total. The van der Waals surface area contributed by atoms with Gasteiger partial charge in [-0.15, -0.1) is 0 Å². The molecule has 3 rings (SSSR count). The average Bonchev–Trinajstić information content (AvgIpc) is 3.05. The second kappa shape index (κ2) is 4.62. The summed E-state index contributed by atoms with van der Waals surface area (Å²) in [5.74, 6) is 6.47. The van der Waals surface area contributed by atoms with E-state index in [1.54, 1.807) is 0 Å². The molecule has 0 aliphatic heterocycles. The van der Waals surface area contributed by atoms with Gasteiger partial charge in [0.1, 0.15) is 0 Å². The van der Waals surface area contributed by atoms with Gasteiger partial charge in [0.2, 0.25) is 0 Å². The van der Waals surface area contributed by atoms with Gasteiger partial charge in [-0.3, -0.25) is 11.3 Å². The first-order chi connectivity index (χ1) is 9.12. The summed E-state index contributed by atoms with van der Waals surface area (Å²) in [5, 5.41) is 2.66. The van der Waals surface area contributed by atoms with Gasteiger partial charge in [0, 0.05) is 6.04 Å². The number of hydrogen-bond donors (Lipinski definition) is 2. The van der Waals surface area contributed by atoms with Crippen molar-refractivity contribution in [1.82, 2.24) is 5.43 Å². The minimum Gasteiger partial charge on any atom is -0.271 e. The van der Waals surface area contributed by atoms with Crippen molar-refractivity contribution in [2.75, 3.05) is 0 Å². The molecule has 1 aliphatic rings. The number of benzene rings is 2. The number of hydrazine groups is 1. The van der Waals surface area contributed by atoms with Crippen LogP contribution < -0.4 is 11.3 Å². The SMILES string of the molecule is CC1(C)CC1C(Cc1cccc2ccccc12)NN. The van der Waals surface area contributed by atoms with E-state index in [0.29, 0.717) is 17.4 Å². The first-order valence-corrected chi connectivity index (χ1v) is 7.04. The van der Waals surface area contributed by atoms with Crippen molar-refractivity contribution in [3.05, 3.63) is 48.0 Å². The number of hydrogen-bond acceptors (Lipinski definition) is 2. The summed E-state index contributed by atoms with van der Waals surface area (Å²) < 4.78 is 0. The van der Waals surface area contributed by atoms with E-state index in [1.165, 1.54) is 22.8 Å². The van der Waals surface area contributed by atoms with Gasteiger partial charge in [-0.2, -0.15) is 0 Å². The van der Waals surface area contributed by atoms with Gasteiger partial charge in [0.05, 0.1) is 0 Å². The molecule has 2 atom stereocenters. The van der Waals surface area contributed by atoms with Crippen LogP contribution >= 0.6 is 0 Å². The van der Waals surface area contributed by atoms with Crippen LogP contribution in [-0.2, 0) is 6.42 Å². The van der Waals surface area contributed by atoms with E-state index in [9.17, 15) is 0 Å². The van der Waals surface area contributed by atoms with Gasteiger partial charge in [0.15, 0.2) is 0 Å². The summed E-state index contributed by atoms with van der Waals surface area (Å²) in [6, 6.07) is 15.5. The molecule has 0 aromatic heterocycles. The molecular formula is C17H22N2. The summed E-state index contributed by atoms with van der Waals surface area (Å²) in [7, 11) is 0. The Morgan fingerprint density at radius 1 is 1.21 bits per heavy atom. The van der Waals surface area contributed by atoms with Crippen LogP contribution in [0.25, 0.3) is 10.8 Å². The van der Waals surface area contributed by atoms with Crippen LogP contribution in [-0.4, -0.2) is 6.04 Å². The van der Waals surface area contributed by atoms with E-state index in [-0.39, 0.29) is 0 Å². The molecule has 1 aliphatic carbocycles. The molecule has 2 aromatic rings. The number of fused-ring (bicyclic) bond motifs is 1. The lowest BCUT2D eigenvalue weighted by Crippen LogP contribution is -2.39.